The number of anilines is 1. The number of nitrogens with zero attached hydrogens (tertiary/aromatic N) is 4. The van der Waals surface area contributed by atoms with E-state index in [1.54, 1.807) is 7.11 Å². The van der Waals surface area contributed by atoms with Gasteiger partial charge in [-0.1, -0.05) is 38.1 Å². The lowest BCUT2D eigenvalue weighted by atomic mass is 10.1. The average Bonchev–Trinajstić information content (AvgIpc) is 3.14. The number of aryl methyl sites for hydroxylation is 1. The first-order valence-electron chi connectivity index (χ1n) is 11.3. The molecule has 0 saturated carbocycles. The lowest BCUT2D eigenvalue weighted by molar-refractivity contribution is 0.147. The number of urea groups is 1. The van der Waals surface area contributed by atoms with Crippen molar-refractivity contribution >= 4 is 22.8 Å². The highest BCUT2D eigenvalue weighted by molar-refractivity contribution is 5.94. The van der Waals surface area contributed by atoms with Crippen LogP contribution in [0.25, 0.3) is 11.0 Å². The molecule has 0 aliphatic carbocycles. The summed E-state index contributed by atoms with van der Waals surface area (Å²) in [5, 5.41) is 0. The number of imidazole rings is 1. The third-order valence-electron chi connectivity index (χ3n) is 6.07. The molecule has 170 valence electrons. The fourth-order valence-electron chi connectivity index (χ4n) is 4.23. The minimum Gasteiger partial charge on any atom is -0.383 e. The molecule has 2 aromatic carbocycles. The van der Waals surface area contributed by atoms with Crippen LogP contribution < -0.4 is 10.6 Å². The van der Waals surface area contributed by atoms with Crippen molar-refractivity contribution in [2.45, 2.75) is 46.4 Å². The molecule has 0 radical (unpaired) electrons. The molecular weight excluding hydrogens is 402 g/mol. The molecule has 32 heavy (non-hydrogen) atoms. The van der Waals surface area contributed by atoms with E-state index in [4.69, 9.17) is 15.5 Å². The summed E-state index contributed by atoms with van der Waals surface area (Å²) in [6.07, 6.45) is 1.04. The van der Waals surface area contributed by atoms with Gasteiger partial charge in [-0.05, 0) is 41.7 Å². The molecule has 7 nitrogen and oxygen atoms in total. The molecular formula is C25H33N5O2. The first-order valence-corrected chi connectivity index (χ1v) is 11.3. The summed E-state index contributed by atoms with van der Waals surface area (Å²) in [6.45, 7) is 7.88. The lowest BCUT2D eigenvalue weighted by Crippen LogP contribution is -2.48. The standard InChI is InChI=1S/C25H33N5O2/c1-18(2)10-11-29-23-9-8-19(15-26)14-21(23)27-24(29)17-30-22-7-5-4-6-20(22)16-28(25(30)31)12-13-32-3/h4-9,14,18H,10-13,15-17,26H2,1-3H3. The zero-order valence-electron chi connectivity index (χ0n) is 19.3. The fraction of sp³-hybridized carbons (Fsp3) is 0.440. The SMILES string of the molecule is COCCN1Cc2ccccc2N(Cc2nc3cc(CN)ccc3n2CCC(C)C)C1=O. The van der Waals surface area contributed by atoms with E-state index in [1.165, 1.54) is 0 Å². The highest BCUT2D eigenvalue weighted by Gasteiger charge is 2.31. The maximum Gasteiger partial charge on any atom is 0.325 e. The summed E-state index contributed by atoms with van der Waals surface area (Å²) in [5.74, 6) is 1.47. The van der Waals surface area contributed by atoms with E-state index in [0.717, 1.165) is 46.6 Å². The van der Waals surface area contributed by atoms with Crippen LogP contribution >= 0.6 is 0 Å². The lowest BCUT2D eigenvalue weighted by Gasteiger charge is -2.37. The molecule has 1 aliphatic rings. The van der Waals surface area contributed by atoms with Gasteiger partial charge in [-0.25, -0.2) is 9.78 Å². The molecule has 0 atom stereocenters. The van der Waals surface area contributed by atoms with Crippen molar-refractivity contribution < 1.29 is 9.53 Å². The molecule has 0 spiro atoms. The summed E-state index contributed by atoms with van der Waals surface area (Å²) in [5.41, 5.74) is 11.0. The maximum atomic E-state index is 13.4. The van der Waals surface area contributed by atoms with E-state index in [0.29, 0.717) is 38.7 Å². The second-order valence-electron chi connectivity index (χ2n) is 8.80. The van der Waals surface area contributed by atoms with Crippen molar-refractivity contribution in [3.05, 3.63) is 59.4 Å². The van der Waals surface area contributed by atoms with E-state index in [-0.39, 0.29) is 6.03 Å². The van der Waals surface area contributed by atoms with Crippen molar-refractivity contribution in [2.75, 3.05) is 25.2 Å². The van der Waals surface area contributed by atoms with Crippen molar-refractivity contribution in [2.24, 2.45) is 11.7 Å². The average molecular weight is 436 g/mol. The highest BCUT2D eigenvalue weighted by atomic mass is 16.5. The van der Waals surface area contributed by atoms with Gasteiger partial charge in [0.15, 0.2) is 0 Å². The van der Waals surface area contributed by atoms with Gasteiger partial charge in [0.05, 0.1) is 29.9 Å². The van der Waals surface area contributed by atoms with Crippen molar-refractivity contribution in [1.29, 1.82) is 0 Å². The zero-order valence-corrected chi connectivity index (χ0v) is 19.3. The molecule has 1 aliphatic heterocycles. The number of methoxy groups -OCH3 is 1. The molecule has 1 aromatic heterocycles. The Hall–Kier alpha value is -2.90. The van der Waals surface area contributed by atoms with Gasteiger partial charge in [0.25, 0.3) is 0 Å². The summed E-state index contributed by atoms with van der Waals surface area (Å²) in [7, 11) is 1.66. The number of aromatic nitrogens is 2. The van der Waals surface area contributed by atoms with Crippen LogP contribution in [0.1, 0.15) is 37.2 Å². The minimum atomic E-state index is -0.00846. The van der Waals surface area contributed by atoms with Gasteiger partial charge in [0.2, 0.25) is 0 Å². The fourth-order valence-corrected chi connectivity index (χ4v) is 4.23. The Morgan fingerprint density at radius 1 is 1.16 bits per heavy atom. The number of para-hydroxylation sites is 1. The summed E-state index contributed by atoms with van der Waals surface area (Å²) in [6, 6.07) is 14.3. The van der Waals surface area contributed by atoms with E-state index < -0.39 is 0 Å². The minimum absolute atomic E-state index is 0.00846. The van der Waals surface area contributed by atoms with Crippen LogP contribution in [0.4, 0.5) is 10.5 Å². The zero-order chi connectivity index (χ0) is 22.7. The monoisotopic (exact) mass is 435 g/mol. The van der Waals surface area contributed by atoms with Crippen LogP contribution in [-0.4, -0.2) is 40.7 Å². The molecule has 0 bridgehead atoms. The number of fused-ring (bicyclic) bond motifs is 2. The number of amides is 2. The van der Waals surface area contributed by atoms with Crippen LogP contribution in [0.5, 0.6) is 0 Å². The summed E-state index contributed by atoms with van der Waals surface area (Å²) >= 11 is 0. The number of rotatable bonds is 9. The van der Waals surface area contributed by atoms with E-state index in [9.17, 15) is 4.79 Å². The number of ether oxygens (including phenoxy) is 1. The van der Waals surface area contributed by atoms with Gasteiger partial charge in [-0.2, -0.15) is 0 Å². The van der Waals surface area contributed by atoms with Gasteiger partial charge < -0.3 is 19.9 Å². The van der Waals surface area contributed by atoms with Crippen LogP contribution in [0.15, 0.2) is 42.5 Å². The van der Waals surface area contributed by atoms with Gasteiger partial charge in [0, 0.05) is 33.3 Å². The molecule has 2 heterocycles. The number of hydrogen-bond donors (Lipinski definition) is 1. The van der Waals surface area contributed by atoms with Crippen molar-refractivity contribution in [3.63, 3.8) is 0 Å². The van der Waals surface area contributed by atoms with E-state index in [1.807, 2.05) is 28.0 Å². The second kappa shape index (κ2) is 9.71. The second-order valence-corrected chi connectivity index (χ2v) is 8.80. The molecule has 0 saturated heterocycles. The van der Waals surface area contributed by atoms with Crippen molar-refractivity contribution in [1.82, 2.24) is 14.5 Å². The Kier molecular flexibility index (Phi) is 6.77. The maximum absolute atomic E-state index is 13.4. The first-order chi connectivity index (χ1) is 15.5. The number of carbonyl (C=O) groups excluding carboxylic acids is 1. The van der Waals surface area contributed by atoms with Crippen LogP contribution in [0.2, 0.25) is 0 Å². The van der Waals surface area contributed by atoms with Gasteiger partial charge in [-0.15, -0.1) is 0 Å². The predicted octanol–water partition coefficient (Wildman–Crippen LogP) is 4.13. The quantitative estimate of drug-likeness (QED) is 0.548. The molecule has 2 N–H and O–H groups in total. The molecule has 2 amide bonds. The Labute approximate surface area is 189 Å². The normalized spacial score (nSPS) is 14.0. The molecule has 3 aromatic rings. The van der Waals surface area contributed by atoms with Crippen LogP contribution in [0.3, 0.4) is 0 Å². The van der Waals surface area contributed by atoms with Gasteiger partial charge in [-0.3, -0.25) is 4.90 Å². The molecule has 7 heteroatoms. The van der Waals surface area contributed by atoms with E-state index >= 15 is 0 Å². The predicted molar refractivity (Wildman–Crippen MR) is 127 cm³/mol. The Balaban J connectivity index is 1.73. The number of benzene rings is 2. The van der Waals surface area contributed by atoms with Crippen molar-refractivity contribution in [3.8, 4) is 0 Å². The third kappa shape index (κ3) is 4.49. The van der Waals surface area contributed by atoms with Crippen LogP contribution in [0, 0.1) is 5.92 Å². The third-order valence-corrected chi connectivity index (χ3v) is 6.07. The molecule has 0 unspecified atom stereocenters. The number of carbonyl (C=O) groups is 1. The Morgan fingerprint density at radius 3 is 2.72 bits per heavy atom. The Morgan fingerprint density at radius 2 is 1.97 bits per heavy atom. The van der Waals surface area contributed by atoms with Gasteiger partial charge >= 0.3 is 6.03 Å². The highest BCUT2D eigenvalue weighted by Crippen LogP contribution is 2.30. The Bertz CT molecular complexity index is 1090. The van der Waals surface area contributed by atoms with Gasteiger partial charge in [0.1, 0.15) is 5.82 Å². The number of hydrogen-bond acceptors (Lipinski definition) is 4. The molecule has 4 rings (SSSR count). The first kappa shape index (κ1) is 22.3. The summed E-state index contributed by atoms with van der Waals surface area (Å²) in [4.78, 5) is 22.1. The molecule has 0 fully saturated rings. The summed E-state index contributed by atoms with van der Waals surface area (Å²) < 4.78 is 7.49. The largest absolute Gasteiger partial charge is 0.383 e. The van der Waals surface area contributed by atoms with E-state index in [2.05, 4.69) is 42.7 Å². The number of nitrogens with two attached hydrogens (primary N) is 1. The van der Waals surface area contributed by atoms with Crippen LogP contribution in [-0.2, 0) is 30.9 Å². The topological polar surface area (TPSA) is 76.6 Å². The smallest absolute Gasteiger partial charge is 0.325 e.